The van der Waals surface area contributed by atoms with Gasteiger partial charge in [0.05, 0.1) is 12.1 Å². The quantitative estimate of drug-likeness (QED) is 0.212. The second-order valence-electron chi connectivity index (χ2n) is 12.5. The topological polar surface area (TPSA) is 81.7 Å². The number of carbonyl (C=O) groups excluding carboxylic acids is 2. The van der Waals surface area contributed by atoms with Crippen LogP contribution in [0.2, 0.25) is 0 Å². The lowest BCUT2D eigenvalue weighted by Crippen LogP contribution is -2.47. The van der Waals surface area contributed by atoms with E-state index in [4.69, 9.17) is 0 Å². The van der Waals surface area contributed by atoms with E-state index in [2.05, 4.69) is 59.0 Å². The number of likely N-dealkylation sites (N-methyl/N-ethyl adjacent to an activating group) is 1. The molecule has 4 aromatic carbocycles. The molecule has 7 heteroatoms. The van der Waals surface area contributed by atoms with E-state index in [1.165, 1.54) is 10.9 Å². The molecule has 0 radical (unpaired) electrons. The fourth-order valence-corrected chi connectivity index (χ4v) is 6.65. The number of nitrogens with one attached hydrogen (secondary N) is 2. The first-order valence-corrected chi connectivity index (χ1v) is 15.9. The highest BCUT2D eigenvalue weighted by atomic mass is 32.2. The summed E-state index contributed by atoms with van der Waals surface area (Å²) in [4.78, 5) is 30.2. The van der Waals surface area contributed by atoms with E-state index in [1.807, 2.05) is 63.2 Å². The molecule has 2 amide bonds. The Balaban J connectivity index is 1.39. The molecule has 2 atom stereocenters. The molecule has 4 aromatic rings. The number of aliphatic hydroxyl groups excluding tert-OH is 1. The van der Waals surface area contributed by atoms with E-state index in [0.29, 0.717) is 16.9 Å². The van der Waals surface area contributed by atoms with Gasteiger partial charge in [-0.2, -0.15) is 0 Å². The molecule has 0 saturated heterocycles. The van der Waals surface area contributed by atoms with Crippen molar-refractivity contribution in [2.24, 2.45) is 0 Å². The first-order chi connectivity index (χ1) is 20.6. The largest absolute Gasteiger partial charge is 0.391 e. The minimum atomic E-state index is -0.911. The molecule has 0 saturated carbocycles. The molecule has 1 unspecified atom stereocenters. The van der Waals surface area contributed by atoms with Crippen LogP contribution in [0, 0.1) is 0 Å². The molecule has 5 rings (SSSR count). The average Bonchev–Trinajstić information content (AvgIpc) is 2.97. The summed E-state index contributed by atoms with van der Waals surface area (Å²) in [5.41, 5.74) is 3.81. The average molecular weight is 596 g/mol. The molecule has 1 heterocycles. The Morgan fingerprint density at radius 3 is 2.42 bits per heavy atom. The maximum absolute atomic E-state index is 13.8. The van der Waals surface area contributed by atoms with Crippen molar-refractivity contribution in [1.29, 1.82) is 0 Å². The number of hydrogen-bond donors (Lipinski definition) is 3. The van der Waals surface area contributed by atoms with Crippen LogP contribution < -0.4 is 10.6 Å². The van der Waals surface area contributed by atoms with Crippen molar-refractivity contribution in [2.45, 2.75) is 62.7 Å². The summed E-state index contributed by atoms with van der Waals surface area (Å²) in [5, 5.41) is 20.2. The molecule has 6 nitrogen and oxygen atoms in total. The van der Waals surface area contributed by atoms with Gasteiger partial charge in [0.1, 0.15) is 0 Å². The number of aliphatic hydroxyl groups is 1. The molecule has 0 bridgehead atoms. The maximum atomic E-state index is 13.8. The molecule has 3 N–H and O–H groups in total. The fraction of sp³-hybridized carbons (Fsp3) is 0.333. The van der Waals surface area contributed by atoms with Gasteiger partial charge in [-0.1, -0.05) is 60.7 Å². The van der Waals surface area contributed by atoms with E-state index in [-0.39, 0.29) is 23.8 Å². The number of carbonyl (C=O) groups is 2. The third-order valence-electron chi connectivity index (χ3n) is 7.81. The van der Waals surface area contributed by atoms with Gasteiger partial charge in [0, 0.05) is 46.8 Å². The van der Waals surface area contributed by atoms with Crippen LogP contribution in [0.3, 0.4) is 0 Å². The van der Waals surface area contributed by atoms with E-state index in [0.717, 1.165) is 40.9 Å². The zero-order chi connectivity index (χ0) is 30.6. The Morgan fingerprint density at radius 2 is 1.63 bits per heavy atom. The first kappa shape index (κ1) is 30.8. The summed E-state index contributed by atoms with van der Waals surface area (Å²) in [5.74, 6) is 0.116. The lowest BCUT2D eigenvalue weighted by molar-refractivity contribution is 0.0848. The highest BCUT2D eigenvalue weighted by molar-refractivity contribution is 7.99. The van der Waals surface area contributed by atoms with Gasteiger partial charge in [0.15, 0.2) is 0 Å². The van der Waals surface area contributed by atoms with Crippen LogP contribution in [-0.4, -0.2) is 58.9 Å². The Hall–Kier alpha value is -3.65. The molecule has 0 spiro atoms. The van der Waals surface area contributed by atoms with Crippen molar-refractivity contribution in [2.75, 3.05) is 19.3 Å². The summed E-state index contributed by atoms with van der Waals surface area (Å²) >= 11 is 1.61. The van der Waals surface area contributed by atoms with Crippen LogP contribution in [0.1, 0.15) is 58.2 Å². The number of thioether (sulfide) groups is 1. The number of nitrogens with zero attached hydrogens (tertiary/aromatic N) is 1. The second kappa shape index (κ2) is 13.3. The highest BCUT2D eigenvalue weighted by Gasteiger charge is 2.27. The van der Waals surface area contributed by atoms with E-state index < -0.39 is 12.1 Å². The van der Waals surface area contributed by atoms with Gasteiger partial charge in [-0.15, -0.1) is 11.8 Å². The molecule has 1 aliphatic rings. The maximum Gasteiger partial charge on any atom is 0.251 e. The van der Waals surface area contributed by atoms with Gasteiger partial charge in [0.2, 0.25) is 0 Å². The Bertz CT molecular complexity index is 1610. The Labute approximate surface area is 258 Å². The monoisotopic (exact) mass is 595 g/mol. The Morgan fingerprint density at radius 1 is 0.907 bits per heavy atom. The molecular weight excluding hydrogens is 554 g/mol. The van der Waals surface area contributed by atoms with Crippen LogP contribution in [0.25, 0.3) is 10.8 Å². The molecule has 43 heavy (non-hydrogen) atoms. The second-order valence-corrected chi connectivity index (χ2v) is 13.6. The predicted molar refractivity (Wildman–Crippen MR) is 176 cm³/mol. The SMILES string of the molecule is CN1CCc2c(cccc2C(=O)NC(CSc2ccc3ccccc3c2)[C@H](O)Cc2ccccc2C(=O)NC(C)(C)C)C1. The van der Waals surface area contributed by atoms with Crippen LogP contribution in [-0.2, 0) is 19.4 Å². The molecular formula is C36H41N3O3S. The molecule has 1 aliphatic heterocycles. The highest BCUT2D eigenvalue weighted by Crippen LogP contribution is 2.27. The lowest BCUT2D eigenvalue weighted by Gasteiger charge is -2.28. The van der Waals surface area contributed by atoms with Gasteiger partial charge in [0.25, 0.3) is 11.8 Å². The van der Waals surface area contributed by atoms with Crippen molar-refractivity contribution in [3.8, 4) is 0 Å². The number of benzene rings is 4. The third kappa shape index (κ3) is 7.85. The smallest absolute Gasteiger partial charge is 0.251 e. The van der Waals surface area contributed by atoms with Crippen LogP contribution in [0.4, 0.5) is 0 Å². The van der Waals surface area contributed by atoms with E-state index >= 15 is 0 Å². The van der Waals surface area contributed by atoms with Crippen LogP contribution in [0.5, 0.6) is 0 Å². The van der Waals surface area contributed by atoms with Crippen molar-refractivity contribution in [1.82, 2.24) is 15.5 Å². The van der Waals surface area contributed by atoms with Crippen LogP contribution >= 0.6 is 11.8 Å². The normalized spacial score (nSPS) is 15.0. The lowest BCUT2D eigenvalue weighted by atomic mass is 9.93. The number of amides is 2. The standard InChI is InChI=1S/C36H41N3O3S/c1-36(2,3)38-35(42)30-14-8-7-12-26(30)21-33(40)32(23-43-28-17-16-24-10-5-6-11-25(24)20-28)37-34(41)31-15-9-13-27-22-39(4)19-18-29(27)31/h5-17,20,32-33,40H,18-19,21-23H2,1-4H3,(H,37,41)(H,38,42)/t32?,33-/m1/s1. The zero-order valence-electron chi connectivity index (χ0n) is 25.4. The van der Waals surface area contributed by atoms with Crippen molar-refractivity contribution in [3.05, 3.63) is 113 Å². The minimum Gasteiger partial charge on any atom is -0.391 e. The molecule has 224 valence electrons. The Kier molecular flexibility index (Phi) is 9.55. The van der Waals surface area contributed by atoms with Gasteiger partial charge in [-0.05, 0) is 86.0 Å². The number of hydrogen-bond acceptors (Lipinski definition) is 5. The van der Waals surface area contributed by atoms with Gasteiger partial charge in [-0.3, -0.25) is 9.59 Å². The molecule has 0 aromatic heterocycles. The summed E-state index contributed by atoms with van der Waals surface area (Å²) < 4.78 is 0. The van der Waals surface area contributed by atoms with Crippen LogP contribution in [0.15, 0.2) is 89.8 Å². The summed E-state index contributed by atoms with van der Waals surface area (Å²) in [7, 11) is 2.09. The van der Waals surface area contributed by atoms with Crippen molar-refractivity contribution < 1.29 is 14.7 Å². The summed E-state index contributed by atoms with van der Waals surface area (Å²) in [6, 6.07) is 27.3. The van der Waals surface area contributed by atoms with Gasteiger partial charge >= 0.3 is 0 Å². The molecule has 0 fully saturated rings. The van der Waals surface area contributed by atoms with Gasteiger partial charge in [-0.25, -0.2) is 0 Å². The van der Waals surface area contributed by atoms with Crippen molar-refractivity contribution >= 4 is 34.3 Å². The van der Waals surface area contributed by atoms with E-state index in [1.54, 1.807) is 17.8 Å². The first-order valence-electron chi connectivity index (χ1n) is 14.9. The summed E-state index contributed by atoms with van der Waals surface area (Å²) in [6.07, 6.45) is 0.130. The predicted octanol–water partition coefficient (Wildman–Crippen LogP) is 5.85. The van der Waals surface area contributed by atoms with Crippen molar-refractivity contribution in [3.63, 3.8) is 0 Å². The zero-order valence-corrected chi connectivity index (χ0v) is 26.2. The van der Waals surface area contributed by atoms with E-state index in [9.17, 15) is 14.7 Å². The number of fused-ring (bicyclic) bond motifs is 2. The fourth-order valence-electron chi connectivity index (χ4n) is 5.60. The summed E-state index contributed by atoms with van der Waals surface area (Å²) in [6.45, 7) is 7.54. The molecule has 0 aliphatic carbocycles. The number of rotatable bonds is 9. The minimum absolute atomic E-state index is 0.177. The third-order valence-corrected chi connectivity index (χ3v) is 8.93. The van der Waals surface area contributed by atoms with Gasteiger partial charge < -0.3 is 20.6 Å².